The molecule has 0 amide bonds. The summed E-state index contributed by atoms with van der Waals surface area (Å²) in [6.45, 7) is 3.82. The lowest BCUT2D eigenvalue weighted by atomic mass is 10.1. The molecule has 0 radical (unpaired) electrons. The van der Waals surface area contributed by atoms with Crippen LogP contribution in [-0.4, -0.2) is 18.8 Å². The minimum Gasteiger partial charge on any atom is -0.371 e. The van der Waals surface area contributed by atoms with Gasteiger partial charge in [0.1, 0.15) is 6.10 Å². The molecule has 1 rings (SSSR count). The average Bonchev–Trinajstić information content (AvgIpc) is 2.62. The monoisotopic (exact) mass is 281 g/mol. The van der Waals surface area contributed by atoms with Gasteiger partial charge in [0, 0.05) is 23.9 Å². The minimum atomic E-state index is -4.12. The van der Waals surface area contributed by atoms with Crippen LogP contribution < -0.4 is 5.73 Å². The molecule has 2 N–H and O–H groups in total. The summed E-state index contributed by atoms with van der Waals surface area (Å²) in [5.41, 5.74) is 6.89. The Balaban J connectivity index is 2.48. The molecule has 1 aromatic rings. The largest absolute Gasteiger partial charge is 0.389 e. The normalized spacial score (nSPS) is 15.7. The summed E-state index contributed by atoms with van der Waals surface area (Å²) in [6, 6.07) is 1.71. The van der Waals surface area contributed by atoms with Crippen molar-refractivity contribution in [2.45, 2.75) is 45.0 Å². The fourth-order valence-electron chi connectivity index (χ4n) is 1.63. The summed E-state index contributed by atoms with van der Waals surface area (Å²) in [6.07, 6.45) is -5.29. The number of hydrogen-bond donors (Lipinski definition) is 1. The predicted octanol–water partition coefficient (Wildman–Crippen LogP) is 3.80. The summed E-state index contributed by atoms with van der Waals surface area (Å²) in [4.78, 5) is 0.997. The van der Waals surface area contributed by atoms with E-state index in [1.165, 1.54) is 11.3 Å². The van der Waals surface area contributed by atoms with Crippen molar-refractivity contribution in [1.82, 2.24) is 0 Å². The first-order valence-corrected chi connectivity index (χ1v) is 6.67. The molecule has 0 aliphatic carbocycles. The van der Waals surface area contributed by atoms with Crippen LogP contribution in [0.1, 0.15) is 36.3 Å². The molecule has 0 saturated heterocycles. The van der Waals surface area contributed by atoms with Gasteiger partial charge in [-0.3, -0.25) is 0 Å². The minimum absolute atomic E-state index is 0.0306. The zero-order chi connectivity index (χ0) is 13.8. The summed E-state index contributed by atoms with van der Waals surface area (Å²) >= 11 is 1.52. The first-order valence-electron chi connectivity index (χ1n) is 5.79. The van der Waals surface area contributed by atoms with E-state index in [1.807, 2.05) is 18.4 Å². The van der Waals surface area contributed by atoms with Crippen LogP contribution in [-0.2, 0) is 4.74 Å². The van der Waals surface area contributed by atoms with Crippen molar-refractivity contribution in [2.75, 3.05) is 6.61 Å². The zero-order valence-electron chi connectivity index (χ0n) is 10.5. The van der Waals surface area contributed by atoms with E-state index < -0.39 is 12.6 Å². The van der Waals surface area contributed by atoms with Gasteiger partial charge >= 0.3 is 6.18 Å². The van der Waals surface area contributed by atoms with Gasteiger partial charge in [0.15, 0.2) is 0 Å². The number of hydrogen-bond acceptors (Lipinski definition) is 3. The van der Waals surface area contributed by atoms with Crippen LogP contribution in [0.15, 0.2) is 11.4 Å². The second kappa shape index (κ2) is 6.54. The number of ether oxygens (including phenoxy) is 1. The van der Waals surface area contributed by atoms with Crippen LogP contribution in [0.5, 0.6) is 0 Å². The van der Waals surface area contributed by atoms with Crippen LogP contribution >= 0.6 is 11.3 Å². The quantitative estimate of drug-likeness (QED) is 0.805. The van der Waals surface area contributed by atoms with E-state index in [2.05, 4.69) is 0 Å². The fourth-order valence-corrected chi connectivity index (χ4v) is 2.71. The van der Waals surface area contributed by atoms with Crippen molar-refractivity contribution in [1.29, 1.82) is 0 Å². The van der Waals surface area contributed by atoms with Gasteiger partial charge in [-0.15, -0.1) is 11.3 Å². The lowest BCUT2D eigenvalue weighted by Crippen LogP contribution is -2.27. The number of nitrogens with two attached hydrogens (primary N) is 1. The van der Waals surface area contributed by atoms with E-state index in [9.17, 15) is 13.2 Å². The summed E-state index contributed by atoms with van der Waals surface area (Å²) in [7, 11) is 0. The molecule has 2 nitrogen and oxygen atoms in total. The van der Waals surface area contributed by atoms with Crippen molar-refractivity contribution in [3.8, 4) is 0 Å². The van der Waals surface area contributed by atoms with Gasteiger partial charge in [-0.2, -0.15) is 13.2 Å². The molecule has 0 bridgehead atoms. The first kappa shape index (κ1) is 15.5. The lowest BCUT2D eigenvalue weighted by Gasteiger charge is -2.21. The molecule has 0 fully saturated rings. The first-order chi connectivity index (χ1) is 8.31. The Morgan fingerprint density at radius 3 is 2.56 bits per heavy atom. The van der Waals surface area contributed by atoms with Crippen LogP contribution in [0.4, 0.5) is 13.2 Å². The van der Waals surface area contributed by atoms with E-state index in [1.54, 1.807) is 6.92 Å². The summed E-state index contributed by atoms with van der Waals surface area (Å²) in [5, 5.41) is 1.93. The van der Waals surface area contributed by atoms with Gasteiger partial charge in [-0.05, 0) is 37.3 Å². The van der Waals surface area contributed by atoms with E-state index in [-0.39, 0.29) is 25.2 Å². The molecule has 0 saturated carbocycles. The van der Waals surface area contributed by atoms with Crippen molar-refractivity contribution in [3.05, 3.63) is 21.9 Å². The molecule has 1 aromatic heterocycles. The molecule has 2 unspecified atom stereocenters. The van der Waals surface area contributed by atoms with Crippen LogP contribution in [0.2, 0.25) is 0 Å². The zero-order valence-corrected chi connectivity index (χ0v) is 11.3. The van der Waals surface area contributed by atoms with Gasteiger partial charge in [-0.25, -0.2) is 0 Å². The second-order valence-electron chi connectivity index (χ2n) is 4.34. The third-order valence-corrected chi connectivity index (χ3v) is 3.62. The smallest absolute Gasteiger partial charge is 0.371 e. The van der Waals surface area contributed by atoms with Gasteiger partial charge < -0.3 is 10.5 Å². The van der Waals surface area contributed by atoms with E-state index in [0.717, 1.165) is 10.4 Å². The van der Waals surface area contributed by atoms with E-state index in [4.69, 9.17) is 10.5 Å². The molecule has 18 heavy (non-hydrogen) atoms. The summed E-state index contributed by atoms with van der Waals surface area (Å²) < 4.78 is 41.5. The Hall–Kier alpha value is -0.590. The highest BCUT2D eigenvalue weighted by atomic mass is 32.1. The maximum absolute atomic E-state index is 12.0. The highest BCUT2D eigenvalue weighted by Gasteiger charge is 2.27. The summed E-state index contributed by atoms with van der Waals surface area (Å²) in [5.74, 6) is 0. The SMILES string of the molecule is Cc1ccsc1C(OCCCC(F)(F)F)C(C)N. The molecule has 2 atom stereocenters. The number of aryl methyl sites for hydroxylation is 1. The van der Waals surface area contributed by atoms with E-state index >= 15 is 0 Å². The highest BCUT2D eigenvalue weighted by Crippen LogP contribution is 2.29. The Morgan fingerprint density at radius 1 is 1.44 bits per heavy atom. The molecular weight excluding hydrogens is 263 g/mol. The Labute approximate surface area is 109 Å². The molecule has 1 heterocycles. The Kier molecular flexibility index (Phi) is 5.62. The number of thiophene rings is 1. The third-order valence-electron chi connectivity index (χ3n) is 2.54. The van der Waals surface area contributed by atoms with Gasteiger partial charge in [0.2, 0.25) is 0 Å². The molecule has 6 heteroatoms. The van der Waals surface area contributed by atoms with Crippen LogP contribution in [0, 0.1) is 6.92 Å². The Bertz CT molecular complexity index is 362. The fraction of sp³-hybridized carbons (Fsp3) is 0.667. The number of rotatable bonds is 6. The lowest BCUT2D eigenvalue weighted by molar-refractivity contribution is -0.139. The van der Waals surface area contributed by atoms with Gasteiger partial charge in [0.05, 0.1) is 0 Å². The van der Waals surface area contributed by atoms with E-state index in [0.29, 0.717) is 0 Å². The standard InChI is InChI=1S/C12H18F3NOS/c1-8-4-7-18-11(8)10(9(2)16)17-6-3-5-12(13,14)15/h4,7,9-10H,3,5-6,16H2,1-2H3. The maximum Gasteiger partial charge on any atom is 0.389 e. The van der Waals surface area contributed by atoms with Crippen LogP contribution in [0.3, 0.4) is 0 Å². The Morgan fingerprint density at radius 2 is 2.11 bits per heavy atom. The topological polar surface area (TPSA) is 35.2 Å². The molecule has 0 aromatic carbocycles. The number of alkyl halides is 3. The molecule has 104 valence electrons. The van der Waals surface area contributed by atoms with Crippen LogP contribution in [0.25, 0.3) is 0 Å². The maximum atomic E-state index is 12.0. The van der Waals surface area contributed by atoms with Gasteiger partial charge in [-0.1, -0.05) is 0 Å². The molecule has 0 aliphatic heterocycles. The molecule has 0 spiro atoms. The van der Waals surface area contributed by atoms with Crippen molar-refractivity contribution in [2.24, 2.45) is 5.73 Å². The van der Waals surface area contributed by atoms with Gasteiger partial charge in [0.25, 0.3) is 0 Å². The highest BCUT2D eigenvalue weighted by molar-refractivity contribution is 7.10. The second-order valence-corrected chi connectivity index (χ2v) is 5.28. The third kappa shape index (κ3) is 4.96. The molecular formula is C12H18F3NOS. The average molecular weight is 281 g/mol. The van der Waals surface area contributed by atoms with Crippen molar-refractivity contribution in [3.63, 3.8) is 0 Å². The molecule has 0 aliphatic rings. The number of halogens is 3. The predicted molar refractivity (Wildman–Crippen MR) is 66.7 cm³/mol. The van der Waals surface area contributed by atoms with Crippen molar-refractivity contribution >= 4 is 11.3 Å². The van der Waals surface area contributed by atoms with Crippen molar-refractivity contribution < 1.29 is 17.9 Å².